The number of hydrogen-bond acceptors (Lipinski definition) is 1. The van der Waals surface area contributed by atoms with E-state index in [1.54, 1.807) is 0 Å². The summed E-state index contributed by atoms with van der Waals surface area (Å²) in [5, 5.41) is 0. The van der Waals surface area contributed by atoms with Crippen molar-refractivity contribution in [3.63, 3.8) is 0 Å². The van der Waals surface area contributed by atoms with Gasteiger partial charge in [-0.05, 0) is 42.4 Å². The summed E-state index contributed by atoms with van der Waals surface area (Å²) in [4.78, 5) is 12.4. The normalized spacial score (nSPS) is 45.1. The third-order valence-electron chi connectivity index (χ3n) is 5.36. The molecule has 0 aromatic carbocycles. The molecule has 1 saturated carbocycles. The van der Waals surface area contributed by atoms with Crippen molar-refractivity contribution in [1.29, 1.82) is 0 Å². The van der Waals surface area contributed by atoms with E-state index >= 15 is 0 Å². The predicted molar refractivity (Wildman–Crippen MR) is 65.0 cm³/mol. The molecule has 1 nitrogen and oxygen atoms in total. The maximum atomic E-state index is 12.4. The van der Waals surface area contributed by atoms with Crippen LogP contribution in [-0.2, 0) is 4.79 Å². The van der Waals surface area contributed by atoms with Gasteiger partial charge in [0.2, 0.25) is 0 Å². The van der Waals surface area contributed by atoms with Crippen LogP contribution in [0.3, 0.4) is 0 Å². The van der Waals surface area contributed by atoms with Crippen LogP contribution < -0.4 is 0 Å². The van der Waals surface area contributed by atoms with E-state index in [0.29, 0.717) is 11.2 Å². The molecule has 0 aromatic rings. The average molecular weight is 218 g/mol. The molecule has 1 fully saturated rings. The van der Waals surface area contributed by atoms with Crippen LogP contribution in [0.25, 0.3) is 0 Å². The van der Waals surface area contributed by atoms with Crippen LogP contribution in [-0.4, -0.2) is 5.78 Å². The van der Waals surface area contributed by atoms with Crippen LogP contribution in [0.15, 0.2) is 11.1 Å². The molecule has 0 unspecified atom stereocenters. The highest BCUT2D eigenvalue weighted by molar-refractivity contribution is 6.00. The van der Waals surface area contributed by atoms with E-state index in [-0.39, 0.29) is 11.3 Å². The Morgan fingerprint density at radius 2 is 1.88 bits per heavy atom. The fraction of sp³-hybridized carbons (Fsp3) is 0.800. The summed E-state index contributed by atoms with van der Waals surface area (Å²) in [5.74, 6) is 1.58. The molecular weight excluding hydrogens is 196 g/mol. The quantitative estimate of drug-likeness (QED) is 0.605. The van der Waals surface area contributed by atoms with Gasteiger partial charge in [0.05, 0.1) is 0 Å². The molecule has 16 heavy (non-hydrogen) atoms. The predicted octanol–water partition coefficient (Wildman–Crippen LogP) is 3.74. The highest BCUT2D eigenvalue weighted by Gasteiger charge is 2.60. The van der Waals surface area contributed by atoms with E-state index in [0.717, 1.165) is 12.3 Å². The fourth-order valence-electron chi connectivity index (χ4n) is 4.16. The summed E-state index contributed by atoms with van der Waals surface area (Å²) in [6.45, 7) is 9.03. The lowest BCUT2D eigenvalue weighted by atomic mass is 9.62. The highest BCUT2D eigenvalue weighted by Crippen LogP contribution is 2.69. The Morgan fingerprint density at radius 1 is 1.19 bits per heavy atom. The summed E-state index contributed by atoms with van der Waals surface area (Å²) in [6, 6.07) is 0. The fourth-order valence-corrected chi connectivity index (χ4v) is 4.16. The van der Waals surface area contributed by atoms with Crippen molar-refractivity contribution in [3.8, 4) is 0 Å². The van der Waals surface area contributed by atoms with Gasteiger partial charge >= 0.3 is 0 Å². The van der Waals surface area contributed by atoms with Crippen molar-refractivity contribution in [2.75, 3.05) is 0 Å². The van der Waals surface area contributed by atoms with Gasteiger partial charge in [0.25, 0.3) is 0 Å². The zero-order valence-electron chi connectivity index (χ0n) is 10.9. The number of rotatable bonds is 0. The molecule has 88 valence electrons. The van der Waals surface area contributed by atoms with E-state index in [1.165, 1.54) is 30.4 Å². The lowest BCUT2D eigenvalue weighted by molar-refractivity contribution is -0.120. The molecule has 0 aliphatic heterocycles. The highest BCUT2D eigenvalue weighted by atomic mass is 16.1. The third kappa shape index (κ3) is 1.15. The molecule has 0 saturated heterocycles. The molecule has 1 heteroatoms. The first-order valence-corrected chi connectivity index (χ1v) is 6.64. The first kappa shape index (κ1) is 10.6. The third-order valence-corrected chi connectivity index (χ3v) is 5.36. The zero-order chi connectivity index (χ0) is 11.7. The van der Waals surface area contributed by atoms with Crippen molar-refractivity contribution in [2.45, 2.75) is 53.4 Å². The molecule has 0 radical (unpaired) electrons. The molecule has 0 heterocycles. The Bertz CT molecular complexity index is 402. The van der Waals surface area contributed by atoms with Crippen molar-refractivity contribution in [3.05, 3.63) is 11.1 Å². The van der Waals surface area contributed by atoms with Crippen LogP contribution in [0.4, 0.5) is 0 Å². The van der Waals surface area contributed by atoms with Gasteiger partial charge in [-0.2, -0.15) is 0 Å². The minimum atomic E-state index is 0.141. The molecule has 0 amide bonds. The summed E-state index contributed by atoms with van der Waals surface area (Å²) in [7, 11) is 0. The Morgan fingerprint density at radius 3 is 2.56 bits per heavy atom. The smallest absolute Gasteiger partial charge is 0.162 e. The second-order valence-electron chi connectivity index (χ2n) is 7.06. The van der Waals surface area contributed by atoms with Crippen molar-refractivity contribution in [2.24, 2.45) is 22.7 Å². The Balaban J connectivity index is 2.15. The lowest BCUT2D eigenvalue weighted by Crippen LogP contribution is -2.36. The van der Waals surface area contributed by atoms with Gasteiger partial charge < -0.3 is 0 Å². The van der Waals surface area contributed by atoms with E-state index in [9.17, 15) is 4.79 Å². The summed E-state index contributed by atoms with van der Waals surface area (Å²) >= 11 is 0. The molecule has 3 atom stereocenters. The average Bonchev–Trinajstić information content (AvgIpc) is 2.81. The molecule has 3 aliphatic rings. The number of Topliss-reactive ketones (excluding diaryl/α,β-unsaturated/α-hetero) is 1. The number of carbonyl (C=O) groups is 1. The number of carbonyl (C=O) groups excluding carboxylic acids is 1. The van der Waals surface area contributed by atoms with E-state index < -0.39 is 0 Å². The molecular formula is C15H22O. The lowest BCUT2D eigenvalue weighted by Gasteiger charge is -2.41. The molecule has 3 rings (SSSR count). The second kappa shape index (κ2) is 2.80. The first-order chi connectivity index (χ1) is 7.36. The van der Waals surface area contributed by atoms with Gasteiger partial charge in [0, 0.05) is 11.5 Å². The standard InChI is InChI=1S/C15H22O/c1-9-5-6-11-12(13(9)16)14(2,3)7-10-8-15(10,11)4/h9-10H,5-8H2,1-4H3/t9-,10+,15-/m1/s1. The monoisotopic (exact) mass is 218 g/mol. The zero-order valence-corrected chi connectivity index (χ0v) is 10.9. The molecule has 0 aromatic heterocycles. The van der Waals surface area contributed by atoms with Gasteiger partial charge in [0.15, 0.2) is 5.78 Å². The number of allylic oxidation sites excluding steroid dienone is 2. The van der Waals surface area contributed by atoms with E-state index in [2.05, 4.69) is 27.7 Å². The molecule has 0 N–H and O–H groups in total. The number of hydrogen-bond donors (Lipinski definition) is 0. The SMILES string of the molecule is C[C@@H]1CCC2=C(C1=O)C(C)(C)C[C@H]1C[C@@]21C. The van der Waals surface area contributed by atoms with Gasteiger partial charge in [-0.3, -0.25) is 4.79 Å². The minimum Gasteiger partial charge on any atom is -0.294 e. The first-order valence-electron chi connectivity index (χ1n) is 6.64. The van der Waals surface area contributed by atoms with Crippen molar-refractivity contribution >= 4 is 5.78 Å². The van der Waals surface area contributed by atoms with E-state index in [4.69, 9.17) is 0 Å². The molecule has 3 aliphatic carbocycles. The van der Waals surface area contributed by atoms with E-state index in [1.807, 2.05) is 0 Å². The molecule has 0 bridgehead atoms. The Hall–Kier alpha value is -0.590. The molecule has 0 spiro atoms. The van der Waals surface area contributed by atoms with Gasteiger partial charge in [-0.25, -0.2) is 0 Å². The van der Waals surface area contributed by atoms with Crippen LogP contribution in [0.2, 0.25) is 0 Å². The van der Waals surface area contributed by atoms with Gasteiger partial charge in [-0.15, -0.1) is 0 Å². The second-order valence-corrected chi connectivity index (χ2v) is 7.06. The maximum Gasteiger partial charge on any atom is 0.162 e. The largest absolute Gasteiger partial charge is 0.294 e. The van der Waals surface area contributed by atoms with Gasteiger partial charge in [-0.1, -0.05) is 33.3 Å². The van der Waals surface area contributed by atoms with Crippen molar-refractivity contribution in [1.82, 2.24) is 0 Å². The van der Waals surface area contributed by atoms with Crippen molar-refractivity contribution < 1.29 is 4.79 Å². The minimum absolute atomic E-state index is 0.141. The summed E-state index contributed by atoms with van der Waals surface area (Å²) in [5.41, 5.74) is 3.32. The maximum absolute atomic E-state index is 12.4. The van der Waals surface area contributed by atoms with Crippen LogP contribution in [0.5, 0.6) is 0 Å². The van der Waals surface area contributed by atoms with Gasteiger partial charge in [0.1, 0.15) is 0 Å². The summed E-state index contributed by atoms with van der Waals surface area (Å²) in [6.07, 6.45) is 4.81. The van der Waals surface area contributed by atoms with Crippen LogP contribution in [0.1, 0.15) is 53.4 Å². The number of fused-ring (bicyclic) bond motifs is 2. The Labute approximate surface area is 98.3 Å². The number of ketones is 1. The van der Waals surface area contributed by atoms with Crippen LogP contribution in [0, 0.1) is 22.7 Å². The summed E-state index contributed by atoms with van der Waals surface area (Å²) < 4.78 is 0. The topological polar surface area (TPSA) is 17.1 Å². The Kier molecular flexibility index (Phi) is 1.85. The van der Waals surface area contributed by atoms with Crippen LogP contribution >= 0.6 is 0 Å².